The lowest BCUT2D eigenvalue weighted by molar-refractivity contribution is 0.364. The van der Waals surface area contributed by atoms with Gasteiger partial charge in [0.1, 0.15) is 0 Å². The Morgan fingerprint density at radius 3 is 3.00 bits per heavy atom. The third kappa shape index (κ3) is 1.73. The second kappa shape index (κ2) is 4.06. The van der Waals surface area contributed by atoms with Crippen LogP contribution in [0.1, 0.15) is 6.04 Å². The van der Waals surface area contributed by atoms with Crippen LogP contribution in [0.2, 0.25) is 0 Å². The van der Waals surface area contributed by atoms with Crippen molar-refractivity contribution in [3.8, 4) is 0 Å². The summed E-state index contributed by atoms with van der Waals surface area (Å²) in [6.07, 6.45) is 7.17. The molecule has 0 aromatic carbocycles. The second-order valence-electron chi connectivity index (χ2n) is 4.57. The van der Waals surface area contributed by atoms with Crippen molar-refractivity contribution in [1.29, 1.82) is 0 Å². The van der Waals surface area contributed by atoms with Gasteiger partial charge in [-0.15, -0.1) is 5.10 Å². The maximum absolute atomic E-state index is 5.48. The third-order valence-electron chi connectivity index (χ3n) is 3.35. The summed E-state index contributed by atoms with van der Waals surface area (Å²) in [6, 6.07) is 2.27. The molecule has 1 saturated heterocycles. The first-order chi connectivity index (χ1) is 9.31. The SMILES string of the molecule is Brc1cnn(C2CN(c3nncc4ccoc34)C2)c1. The van der Waals surface area contributed by atoms with Gasteiger partial charge in [-0.2, -0.15) is 10.2 Å². The lowest BCUT2D eigenvalue weighted by Crippen LogP contribution is -2.48. The molecule has 0 unspecified atom stereocenters. The van der Waals surface area contributed by atoms with Crippen LogP contribution >= 0.6 is 15.9 Å². The highest BCUT2D eigenvalue weighted by molar-refractivity contribution is 9.10. The highest BCUT2D eigenvalue weighted by atomic mass is 79.9. The van der Waals surface area contributed by atoms with Gasteiger partial charge < -0.3 is 9.32 Å². The summed E-state index contributed by atoms with van der Waals surface area (Å²) >= 11 is 3.41. The summed E-state index contributed by atoms with van der Waals surface area (Å²) in [6.45, 7) is 1.73. The number of nitrogens with zero attached hydrogens (tertiary/aromatic N) is 5. The average Bonchev–Trinajstić information content (AvgIpc) is 2.96. The second-order valence-corrected chi connectivity index (χ2v) is 5.49. The fourth-order valence-corrected chi connectivity index (χ4v) is 2.61. The first kappa shape index (κ1) is 11.0. The molecule has 6 nitrogen and oxygen atoms in total. The van der Waals surface area contributed by atoms with Crippen molar-refractivity contribution in [3.05, 3.63) is 35.4 Å². The maximum atomic E-state index is 5.48. The van der Waals surface area contributed by atoms with Gasteiger partial charge in [-0.05, 0) is 22.0 Å². The van der Waals surface area contributed by atoms with Crippen molar-refractivity contribution in [2.75, 3.05) is 18.0 Å². The van der Waals surface area contributed by atoms with E-state index in [0.717, 1.165) is 34.3 Å². The van der Waals surface area contributed by atoms with Gasteiger partial charge in [0.05, 0.1) is 29.2 Å². The smallest absolute Gasteiger partial charge is 0.195 e. The zero-order chi connectivity index (χ0) is 12.8. The molecule has 1 fully saturated rings. The fourth-order valence-electron chi connectivity index (χ4n) is 2.31. The van der Waals surface area contributed by atoms with E-state index in [1.54, 1.807) is 18.7 Å². The van der Waals surface area contributed by atoms with Crippen molar-refractivity contribution >= 4 is 32.7 Å². The van der Waals surface area contributed by atoms with Gasteiger partial charge in [0.2, 0.25) is 0 Å². The fraction of sp³-hybridized carbons (Fsp3) is 0.250. The molecule has 3 aromatic heterocycles. The van der Waals surface area contributed by atoms with E-state index in [2.05, 4.69) is 36.1 Å². The quantitative estimate of drug-likeness (QED) is 0.725. The van der Waals surface area contributed by atoms with E-state index < -0.39 is 0 Å². The summed E-state index contributed by atoms with van der Waals surface area (Å²) in [7, 11) is 0. The molecule has 0 amide bonds. The predicted molar refractivity (Wildman–Crippen MR) is 73.0 cm³/mol. The van der Waals surface area contributed by atoms with Gasteiger partial charge in [0.25, 0.3) is 0 Å². The van der Waals surface area contributed by atoms with Crippen molar-refractivity contribution in [1.82, 2.24) is 20.0 Å². The zero-order valence-electron chi connectivity index (χ0n) is 9.90. The van der Waals surface area contributed by atoms with Crippen LogP contribution in [0.5, 0.6) is 0 Å². The number of hydrogen-bond acceptors (Lipinski definition) is 5. The van der Waals surface area contributed by atoms with Gasteiger partial charge in [0, 0.05) is 24.7 Å². The minimum absolute atomic E-state index is 0.373. The Morgan fingerprint density at radius 2 is 2.21 bits per heavy atom. The molecule has 1 aliphatic rings. The molecule has 1 aliphatic heterocycles. The number of fused-ring (bicyclic) bond motifs is 1. The number of anilines is 1. The van der Waals surface area contributed by atoms with Crippen molar-refractivity contribution < 1.29 is 4.42 Å². The van der Waals surface area contributed by atoms with Gasteiger partial charge >= 0.3 is 0 Å². The van der Waals surface area contributed by atoms with E-state index in [1.165, 1.54) is 0 Å². The van der Waals surface area contributed by atoms with E-state index in [4.69, 9.17) is 4.42 Å². The summed E-state index contributed by atoms with van der Waals surface area (Å²) in [5, 5.41) is 13.5. The molecule has 0 bridgehead atoms. The van der Waals surface area contributed by atoms with Crippen LogP contribution in [-0.4, -0.2) is 33.1 Å². The number of furan rings is 1. The molecule has 0 atom stereocenters. The molecule has 0 N–H and O–H groups in total. The molecular formula is C12H10BrN5O. The topological polar surface area (TPSA) is 60.0 Å². The van der Waals surface area contributed by atoms with Gasteiger partial charge in [0.15, 0.2) is 11.4 Å². The molecule has 96 valence electrons. The van der Waals surface area contributed by atoms with Crippen LogP contribution in [-0.2, 0) is 0 Å². The number of aromatic nitrogens is 4. The summed E-state index contributed by atoms with van der Waals surface area (Å²) in [5.74, 6) is 0.810. The monoisotopic (exact) mass is 319 g/mol. The molecule has 4 heterocycles. The van der Waals surface area contributed by atoms with E-state index in [-0.39, 0.29) is 0 Å². The van der Waals surface area contributed by atoms with Crippen LogP contribution in [0.4, 0.5) is 5.82 Å². The summed E-state index contributed by atoms with van der Waals surface area (Å²) < 4.78 is 8.44. The molecule has 0 saturated carbocycles. The normalized spacial score (nSPS) is 15.9. The van der Waals surface area contributed by atoms with Gasteiger partial charge in [-0.25, -0.2) is 0 Å². The number of hydrogen-bond donors (Lipinski definition) is 0. The lowest BCUT2D eigenvalue weighted by atomic mass is 10.1. The zero-order valence-corrected chi connectivity index (χ0v) is 11.5. The Morgan fingerprint density at radius 1 is 1.32 bits per heavy atom. The Balaban J connectivity index is 1.58. The highest BCUT2D eigenvalue weighted by Crippen LogP contribution is 2.31. The molecule has 0 aliphatic carbocycles. The van der Waals surface area contributed by atoms with Crippen molar-refractivity contribution in [3.63, 3.8) is 0 Å². The van der Waals surface area contributed by atoms with E-state index in [1.807, 2.05) is 16.9 Å². The van der Waals surface area contributed by atoms with Crippen LogP contribution < -0.4 is 4.90 Å². The third-order valence-corrected chi connectivity index (χ3v) is 3.76. The molecule has 7 heteroatoms. The van der Waals surface area contributed by atoms with Crippen molar-refractivity contribution in [2.24, 2.45) is 0 Å². The Bertz CT molecular complexity index is 730. The van der Waals surface area contributed by atoms with Crippen molar-refractivity contribution in [2.45, 2.75) is 6.04 Å². The molecule has 0 radical (unpaired) electrons. The largest absolute Gasteiger partial charge is 0.460 e. The molecule has 4 rings (SSSR count). The first-order valence-electron chi connectivity index (χ1n) is 5.95. The van der Waals surface area contributed by atoms with Crippen LogP contribution in [0.25, 0.3) is 11.0 Å². The Kier molecular flexibility index (Phi) is 2.34. The minimum Gasteiger partial charge on any atom is -0.460 e. The molecular weight excluding hydrogens is 310 g/mol. The minimum atomic E-state index is 0.373. The molecule has 3 aromatic rings. The molecule has 19 heavy (non-hydrogen) atoms. The highest BCUT2D eigenvalue weighted by Gasteiger charge is 2.31. The van der Waals surface area contributed by atoms with Gasteiger partial charge in [-0.3, -0.25) is 4.68 Å². The van der Waals surface area contributed by atoms with E-state index in [9.17, 15) is 0 Å². The lowest BCUT2D eigenvalue weighted by Gasteiger charge is -2.39. The number of halogens is 1. The standard InChI is InChI=1S/C12H10BrN5O/c13-9-4-15-18(5-9)10-6-17(7-10)12-11-8(1-2-19-11)3-14-16-12/h1-5,10H,6-7H2. The average molecular weight is 320 g/mol. The number of rotatable bonds is 2. The van der Waals surface area contributed by atoms with Crippen LogP contribution in [0, 0.1) is 0 Å². The van der Waals surface area contributed by atoms with Gasteiger partial charge in [-0.1, -0.05) is 0 Å². The Hall–Kier alpha value is -1.89. The predicted octanol–water partition coefficient (Wildman–Crippen LogP) is 2.24. The summed E-state index contributed by atoms with van der Waals surface area (Å²) in [5.41, 5.74) is 0.801. The van der Waals surface area contributed by atoms with E-state index >= 15 is 0 Å². The van der Waals surface area contributed by atoms with Crippen LogP contribution in [0.15, 0.2) is 39.8 Å². The molecule has 0 spiro atoms. The van der Waals surface area contributed by atoms with E-state index in [0.29, 0.717) is 6.04 Å². The maximum Gasteiger partial charge on any atom is 0.195 e. The Labute approximate surface area is 117 Å². The summed E-state index contributed by atoms with van der Waals surface area (Å²) in [4.78, 5) is 2.15. The first-order valence-corrected chi connectivity index (χ1v) is 6.74. The van der Waals surface area contributed by atoms with Crippen LogP contribution in [0.3, 0.4) is 0 Å².